The highest BCUT2D eigenvalue weighted by Gasteiger charge is 2.31. The number of rotatable bonds is 4. The SMILES string of the molecule is CCC1CCCCN1C(=O)C(C)n1nc(C2CC2)ccc1=O. The molecule has 1 amide bonds. The third kappa shape index (κ3) is 2.94. The summed E-state index contributed by atoms with van der Waals surface area (Å²) in [5.41, 5.74) is 0.764. The van der Waals surface area contributed by atoms with E-state index in [1.54, 1.807) is 13.0 Å². The molecule has 22 heavy (non-hydrogen) atoms. The fourth-order valence-electron chi connectivity index (χ4n) is 3.37. The Bertz CT molecular complexity index is 606. The van der Waals surface area contributed by atoms with Crippen LogP contribution in [0.15, 0.2) is 16.9 Å². The Hall–Kier alpha value is -1.65. The van der Waals surface area contributed by atoms with E-state index in [0.29, 0.717) is 12.0 Å². The lowest BCUT2D eigenvalue weighted by Gasteiger charge is -2.36. The van der Waals surface area contributed by atoms with E-state index in [-0.39, 0.29) is 11.5 Å². The molecule has 1 aliphatic heterocycles. The average Bonchev–Trinajstić information content (AvgIpc) is 3.39. The lowest BCUT2D eigenvalue weighted by Crippen LogP contribution is -2.47. The number of aromatic nitrogens is 2. The minimum atomic E-state index is -0.515. The Labute approximate surface area is 131 Å². The van der Waals surface area contributed by atoms with Crippen LogP contribution in [0.4, 0.5) is 0 Å². The maximum Gasteiger partial charge on any atom is 0.267 e. The van der Waals surface area contributed by atoms with Gasteiger partial charge in [-0.05, 0) is 51.5 Å². The number of hydrogen-bond donors (Lipinski definition) is 0. The number of amides is 1. The van der Waals surface area contributed by atoms with Gasteiger partial charge >= 0.3 is 0 Å². The fraction of sp³-hybridized carbons (Fsp3) is 0.706. The second kappa shape index (κ2) is 6.23. The predicted octanol–water partition coefficient (Wildman–Crippen LogP) is 2.47. The van der Waals surface area contributed by atoms with Crippen molar-refractivity contribution in [3.05, 3.63) is 28.2 Å². The highest BCUT2D eigenvalue weighted by Crippen LogP contribution is 2.38. The monoisotopic (exact) mass is 303 g/mol. The van der Waals surface area contributed by atoms with Crippen LogP contribution in [0.5, 0.6) is 0 Å². The fourth-order valence-corrected chi connectivity index (χ4v) is 3.37. The molecule has 120 valence electrons. The van der Waals surface area contributed by atoms with Gasteiger partial charge in [0.15, 0.2) is 0 Å². The molecule has 1 saturated heterocycles. The molecule has 2 aliphatic rings. The minimum Gasteiger partial charge on any atom is -0.338 e. The van der Waals surface area contributed by atoms with Crippen LogP contribution in [-0.4, -0.2) is 33.2 Å². The topological polar surface area (TPSA) is 55.2 Å². The highest BCUT2D eigenvalue weighted by atomic mass is 16.2. The molecule has 3 rings (SSSR count). The Kier molecular flexibility index (Phi) is 4.32. The number of piperidine rings is 1. The zero-order valence-corrected chi connectivity index (χ0v) is 13.5. The summed E-state index contributed by atoms with van der Waals surface area (Å²) in [6, 6.07) is 3.16. The van der Waals surface area contributed by atoms with Crippen molar-refractivity contribution in [3.8, 4) is 0 Å². The van der Waals surface area contributed by atoms with E-state index in [4.69, 9.17) is 0 Å². The Morgan fingerprint density at radius 1 is 1.32 bits per heavy atom. The first kappa shape index (κ1) is 15.3. The summed E-state index contributed by atoms with van der Waals surface area (Å²) in [6.45, 7) is 4.73. The average molecular weight is 303 g/mol. The molecule has 2 unspecified atom stereocenters. The summed E-state index contributed by atoms with van der Waals surface area (Å²) in [5.74, 6) is 0.515. The van der Waals surface area contributed by atoms with Crippen LogP contribution in [0.25, 0.3) is 0 Å². The van der Waals surface area contributed by atoms with Crippen molar-refractivity contribution in [2.24, 2.45) is 0 Å². The van der Waals surface area contributed by atoms with Crippen molar-refractivity contribution >= 4 is 5.91 Å². The van der Waals surface area contributed by atoms with Crippen molar-refractivity contribution in [2.75, 3.05) is 6.54 Å². The third-order valence-electron chi connectivity index (χ3n) is 4.95. The molecule has 0 spiro atoms. The molecule has 1 aromatic heterocycles. The Morgan fingerprint density at radius 3 is 2.77 bits per heavy atom. The van der Waals surface area contributed by atoms with Gasteiger partial charge in [0, 0.05) is 24.6 Å². The van der Waals surface area contributed by atoms with Crippen LogP contribution in [0.1, 0.15) is 70.0 Å². The summed E-state index contributed by atoms with van der Waals surface area (Å²) in [4.78, 5) is 26.9. The zero-order valence-electron chi connectivity index (χ0n) is 13.5. The number of hydrogen-bond acceptors (Lipinski definition) is 3. The Balaban J connectivity index is 1.83. The van der Waals surface area contributed by atoms with E-state index < -0.39 is 6.04 Å². The molecular formula is C17H25N3O2. The van der Waals surface area contributed by atoms with Crippen LogP contribution in [0, 0.1) is 0 Å². The number of carbonyl (C=O) groups excluding carboxylic acids is 1. The lowest BCUT2D eigenvalue weighted by atomic mass is 9.99. The lowest BCUT2D eigenvalue weighted by molar-refractivity contribution is -0.138. The first-order valence-electron chi connectivity index (χ1n) is 8.52. The summed E-state index contributed by atoms with van der Waals surface area (Å²) in [7, 11) is 0. The van der Waals surface area contributed by atoms with Crippen molar-refractivity contribution in [1.82, 2.24) is 14.7 Å². The van der Waals surface area contributed by atoms with E-state index in [1.165, 1.54) is 11.1 Å². The summed E-state index contributed by atoms with van der Waals surface area (Å²) < 4.78 is 1.39. The molecule has 0 N–H and O–H groups in total. The van der Waals surface area contributed by atoms with Gasteiger partial charge in [0.05, 0.1) is 5.69 Å². The van der Waals surface area contributed by atoms with Crippen molar-refractivity contribution in [3.63, 3.8) is 0 Å². The first-order chi connectivity index (χ1) is 10.6. The normalized spacial score (nSPS) is 23.4. The Morgan fingerprint density at radius 2 is 2.09 bits per heavy atom. The van der Waals surface area contributed by atoms with E-state index in [1.807, 2.05) is 11.0 Å². The van der Waals surface area contributed by atoms with Gasteiger partial charge in [-0.3, -0.25) is 9.59 Å². The molecule has 0 bridgehead atoms. The smallest absolute Gasteiger partial charge is 0.267 e. The first-order valence-corrected chi connectivity index (χ1v) is 8.52. The van der Waals surface area contributed by atoms with Crippen LogP contribution in [0.2, 0.25) is 0 Å². The van der Waals surface area contributed by atoms with Gasteiger partial charge in [0.1, 0.15) is 6.04 Å². The van der Waals surface area contributed by atoms with Gasteiger partial charge in [-0.1, -0.05) is 6.92 Å². The van der Waals surface area contributed by atoms with Crippen LogP contribution in [0.3, 0.4) is 0 Å². The maximum absolute atomic E-state index is 12.8. The van der Waals surface area contributed by atoms with Gasteiger partial charge in [-0.2, -0.15) is 5.10 Å². The molecule has 5 nitrogen and oxygen atoms in total. The second-order valence-electron chi connectivity index (χ2n) is 6.58. The summed E-state index contributed by atoms with van der Waals surface area (Å²) in [6.07, 6.45) is 6.56. The molecule has 2 fully saturated rings. The molecule has 5 heteroatoms. The summed E-state index contributed by atoms with van der Waals surface area (Å²) in [5, 5.41) is 4.46. The molecule has 2 heterocycles. The van der Waals surface area contributed by atoms with E-state index in [0.717, 1.165) is 44.3 Å². The number of carbonyl (C=O) groups is 1. The van der Waals surface area contributed by atoms with Gasteiger partial charge < -0.3 is 4.90 Å². The largest absolute Gasteiger partial charge is 0.338 e. The standard InChI is InChI=1S/C17H25N3O2/c1-3-14-6-4-5-11-19(14)17(22)12(2)20-16(21)10-9-15(18-20)13-7-8-13/h9-10,12-14H,3-8,11H2,1-2H3. The highest BCUT2D eigenvalue weighted by molar-refractivity contribution is 5.80. The number of nitrogens with zero attached hydrogens (tertiary/aromatic N) is 3. The van der Waals surface area contributed by atoms with Gasteiger partial charge in [0.25, 0.3) is 5.56 Å². The van der Waals surface area contributed by atoms with Gasteiger partial charge in [-0.25, -0.2) is 4.68 Å². The molecule has 1 saturated carbocycles. The molecule has 1 aromatic rings. The van der Waals surface area contributed by atoms with Gasteiger partial charge in [-0.15, -0.1) is 0 Å². The van der Waals surface area contributed by atoms with Crippen LogP contribution < -0.4 is 5.56 Å². The third-order valence-corrected chi connectivity index (χ3v) is 4.95. The second-order valence-corrected chi connectivity index (χ2v) is 6.58. The van der Waals surface area contributed by atoms with Crippen molar-refractivity contribution in [1.29, 1.82) is 0 Å². The zero-order chi connectivity index (χ0) is 15.7. The van der Waals surface area contributed by atoms with Gasteiger partial charge in [0.2, 0.25) is 5.91 Å². The van der Waals surface area contributed by atoms with E-state index in [9.17, 15) is 9.59 Å². The van der Waals surface area contributed by atoms with E-state index >= 15 is 0 Å². The molecule has 1 aliphatic carbocycles. The minimum absolute atomic E-state index is 0.0362. The predicted molar refractivity (Wildman–Crippen MR) is 84.8 cm³/mol. The quantitative estimate of drug-likeness (QED) is 0.858. The van der Waals surface area contributed by atoms with Crippen LogP contribution >= 0.6 is 0 Å². The van der Waals surface area contributed by atoms with E-state index in [2.05, 4.69) is 12.0 Å². The molecular weight excluding hydrogens is 278 g/mol. The molecule has 2 atom stereocenters. The van der Waals surface area contributed by atoms with Crippen LogP contribution in [-0.2, 0) is 4.79 Å². The van der Waals surface area contributed by atoms with Crippen molar-refractivity contribution in [2.45, 2.75) is 70.4 Å². The molecule has 0 radical (unpaired) electrons. The number of likely N-dealkylation sites (tertiary alicyclic amines) is 1. The maximum atomic E-state index is 12.8. The van der Waals surface area contributed by atoms with Crippen molar-refractivity contribution < 1.29 is 4.79 Å². The summed E-state index contributed by atoms with van der Waals surface area (Å²) >= 11 is 0. The molecule has 0 aromatic carbocycles.